The molecule has 0 amide bonds. The van der Waals surface area contributed by atoms with Crippen molar-refractivity contribution in [2.24, 2.45) is 0 Å². The Hall–Kier alpha value is -2.81. The van der Waals surface area contributed by atoms with Gasteiger partial charge in [-0.05, 0) is 93.3 Å². The third-order valence-electron chi connectivity index (χ3n) is 5.24. The van der Waals surface area contributed by atoms with Crippen molar-refractivity contribution < 1.29 is 4.74 Å². The summed E-state index contributed by atoms with van der Waals surface area (Å²) in [5, 5.41) is 7.66. The Bertz CT molecular complexity index is 1040. The highest BCUT2D eigenvalue weighted by Crippen LogP contribution is 2.12. The molecule has 0 heterocycles. The third-order valence-corrected chi connectivity index (χ3v) is 5.49. The largest absolute Gasteiger partial charge is 0.492 e. The molecule has 0 saturated carbocycles. The zero-order valence-corrected chi connectivity index (χ0v) is 20.9. The number of ether oxygens (including phenoxy) is 1. The summed E-state index contributed by atoms with van der Waals surface area (Å²) < 4.78 is 5.84. The fraction of sp³-hybridized carbons (Fsp3) is 0.310. The zero-order valence-electron chi connectivity index (χ0n) is 20.1. The molecule has 0 unspecified atom stereocenters. The van der Waals surface area contributed by atoms with Crippen LogP contribution in [-0.2, 0) is 13.1 Å². The van der Waals surface area contributed by atoms with Crippen LogP contribution in [0.15, 0.2) is 72.8 Å². The minimum absolute atomic E-state index is 0.616. The number of rotatable bonds is 12. The zero-order chi connectivity index (χ0) is 24.0. The van der Waals surface area contributed by atoms with Crippen LogP contribution < -0.4 is 15.4 Å². The first-order valence-corrected chi connectivity index (χ1v) is 12.1. The summed E-state index contributed by atoms with van der Waals surface area (Å²) in [5.41, 5.74) is 4.49. The van der Waals surface area contributed by atoms with Crippen molar-refractivity contribution in [2.75, 3.05) is 40.3 Å². The Kier molecular flexibility index (Phi) is 11.0. The summed E-state index contributed by atoms with van der Waals surface area (Å²) in [7, 11) is 4.22. The standard InChI is InChI=1S/C29H34ClN3O/c1-33(2)20-3-18-31-22-26-6-8-27(9-7-26)23-32-19-21-34-29-16-12-25(13-17-29)5-4-24-10-14-28(30)15-11-24/h6-17,31-32H,3,18-23H2,1-2H3. The minimum atomic E-state index is 0.616. The SMILES string of the molecule is CN(C)CCCNCc1ccc(CNCCOc2ccc(C#Cc3ccc(Cl)cc3)cc2)cc1. The molecule has 5 heteroatoms. The Balaban J connectivity index is 1.30. The maximum atomic E-state index is 5.90. The smallest absolute Gasteiger partial charge is 0.119 e. The number of nitrogens with zero attached hydrogens (tertiary/aromatic N) is 1. The van der Waals surface area contributed by atoms with E-state index >= 15 is 0 Å². The van der Waals surface area contributed by atoms with Crippen LogP contribution >= 0.6 is 11.6 Å². The van der Waals surface area contributed by atoms with Crippen molar-refractivity contribution in [1.29, 1.82) is 0 Å². The normalized spacial score (nSPS) is 10.7. The van der Waals surface area contributed by atoms with Crippen molar-refractivity contribution in [3.05, 3.63) is 100 Å². The molecule has 2 N–H and O–H groups in total. The minimum Gasteiger partial charge on any atom is -0.492 e. The molecule has 0 aliphatic carbocycles. The van der Waals surface area contributed by atoms with Gasteiger partial charge in [-0.15, -0.1) is 0 Å². The fourth-order valence-corrected chi connectivity index (χ4v) is 3.44. The second-order valence-electron chi connectivity index (χ2n) is 8.46. The Labute approximate surface area is 209 Å². The van der Waals surface area contributed by atoms with Crippen molar-refractivity contribution in [3.63, 3.8) is 0 Å². The second-order valence-corrected chi connectivity index (χ2v) is 8.89. The fourth-order valence-electron chi connectivity index (χ4n) is 3.31. The van der Waals surface area contributed by atoms with Crippen molar-refractivity contribution in [1.82, 2.24) is 15.5 Å². The number of halogens is 1. The van der Waals surface area contributed by atoms with Crippen molar-refractivity contribution in [2.45, 2.75) is 19.5 Å². The molecule has 4 nitrogen and oxygen atoms in total. The molecule has 178 valence electrons. The summed E-state index contributed by atoms with van der Waals surface area (Å²) in [6.45, 7) is 5.31. The molecule has 0 spiro atoms. The van der Waals surface area contributed by atoms with E-state index in [1.54, 1.807) is 0 Å². The molecule has 0 saturated heterocycles. The molecule has 3 rings (SSSR count). The van der Waals surface area contributed by atoms with E-state index in [0.717, 1.165) is 49.6 Å². The van der Waals surface area contributed by atoms with Gasteiger partial charge in [0.1, 0.15) is 12.4 Å². The second kappa shape index (κ2) is 14.5. The Morgan fingerprint density at radius 2 is 1.26 bits per heavy atom. The maximum absolute atomic E-state index is 5.90. The van der Waals surface area contributed by atoms with E-state index in [1.165, 1.54) is 17.5 Å². The first kappa shape index (κ1) is 25.8. The van der Waals surface area contributed by atoms with E-state index in [-0.39, 0.29) is 0 Å². The van der Waals surface area contributed by atoms with Crippen LogP contribution in [0, 0.1) is 11.8 Å². The lowest BCUT2D eigenvalue weighted by Gasteiger charge is -2.10. The van der Waals surface area contributed by atoms with Gasteiger partial charge in [-0.1, -0.05) is 47.7 Å². The lowest BCUT2D eigenvalue weighted by molar-refractivity contribution is 0.313. The van der Waals surface area contributed by atoms with Crippen molar-refractivity contribution >= 4 is 11.6 Å². The molecule has 0 aliphatic heterocycles. The monoisotopic (exact) mass is 475 g/mol. The summed E-state index contributed by atoms with van der Waals surface area (Å²) in [4.78, 5) is 2.21. The van der Waals surface area contributed by atoms with Gasteiger partial charge in [-0.25, -0.2) is 0 Å². The van der Waals surface area contributed by atoms with Gasteiger partial charge in [0.15, 0.2) is 0 Å². The molecule has 3 aromatic carbocycles. The van der Waals surface area contributed by atoms with E-state index in [0.29, 0.717) is 11.6 Å². The van der Waals surface area contributed by atoms with Crippen LogP contribution in [0.1, 0.15) is 28.7 Å². The number of hydrogen-bond donors (Lipinski definition) is 2. The molecular formula is C29H34ClN3O. The molecular weight excluding hydrogens is 442 g/mol. The van der Waals surface area contributed by atoms with Crippen LogP contribution in [0.25, 0.3) is 0 Å². The van der Waals surface area contributed by atoms with Gasteiger partial charge in [-0.3, -0.25) is 0 Å². The molecule has 0 atom stereocenters. The van der Waals surface area contributed by atoms with Crippen LogP contribution in [0.4, 0.5) is 0 Å². The molecule has 34 heavy (non-hydrogen) atoms. The summed E-state index contributed by atoms with van der Waals surface area (Å²) >= 11 is 5.90. The average molecular weight is 476 g/mol. The predicted octanol–water partition coefficient (Wildman–Crippen LogP) is 4.95. The van der Waals surface area contributed by atoms with Crippen LogP contribution in [0.2, 0.25) is 5.02 Å². The summed E-state index contributed by atoms with van der Waals surface area (Å²) in [6, 6.07) is 24.2. The number of benzene rings is 3. The van der Waals surface area contributed by atoms with Gasteiger partial charge in [0.25, 0.3) is 0 Å². The van der Waals surface area contributed by atoms with Crippen LogP contribution in [0.3, 0.4) is 0 Å². The maximum Gasteiger partial charge on any atom is 0.119 e. The van der Waals surface area contributed by atoms with E-state index in [9.17, 15) is 0 Å². The van der Waals surface area contributed by atoms with Crippen molar-refractivity contribution in [3.8, 4) is 17.6 Å². The first-order valence-electron chi connectivity index (χ1n) is 11.7. The molecule has 0 aliphatic rings. The van der Waals surface area contributed by atoms with Gasteiger partial charge >= 0.3 is 0 Å². The molecule has 0 radical (unpaired) electrons. The van der Waals surface area contributed by atoms with Gasteiger partial charge in [-0.2, -0.15) is 0 Å². The lowest BCUT2D eigenvalue weighted by atomic mass is 10.1. The van der Waals surface area contributed by atoms with Gasteiger partial charge in [0.05, 0.1) is 0 Å². The molecule has 0 aromatic heterocycles. The van der Waals surface area contributed by atoms with E-state index in [2.05, 4.69) is 65.7 Å². The van der Waals surface area contributed by atoms with E-state index in [1.807, 2.05) is 48.5 Å². The molecule has 0 fully saturated rings. The van der Waals surface area contributed by atoms with E-state index in [4.69, 9.17) is 16.3 Å². The molecule has 0 bridgehead atoms. The first-order chi connectivity index (χ1) is 16.6. The highest BCUT2D eigenvalue weighted by Gasteiger charge is 1.98. The number of hydrogen-bond acceptors (Lipinski definition) is 4. The number of nitrogens with one attached hydrogen (secondary N) is 2. The third kappa shape index (κ3) is 9.99. The van der Waals surface area contributed by atoms with E-state index < -0.39 is 0 Å². The van der Waals surface area contributed by atoms with Gasteiger partial charge in [0, 0.05) is 35.8 Å². The van der Waals surface area contributed by atoms with Gasteiger partial charge < -0.3 is 20.3 Å². The predicted molar refractivity (Wildman–Crippen MR) is 142 cm³/mol. The lowest BCUT2D eigenvalue weighted by Crippen LogP contribution is -2.21. The Morgan fingerprint density at radius 3 is 1.82 bits per heavy atom. The van der Waals surface area contributed by atoms with Crippen LogP contribution in [-0.4, -0.2) is 45.2 Å². The quantitative estimate of drug-likeness (QED) is 0.287. The highest BCUT2D eigenvalue weighted by molar-refractivity contribution is 6.30. The summed E-state index contributed by atoms with van der Waals surface area (Å²) in [6.07, 6.45) is 1.17. The Morgan fingerprint density at radius 1 is 0.735 bits per heavy atom. The van der Waals surface area contributed by atoms with Gasteiger partial charge in [0.2, 0.25) is 0 Å². The molecule has 3 aromatic rings. The topological polar surface area (TPSA) is 36.5 Å². The van der Waals surface area contributed by atoms with Crippen LogP contribution in [0.5, 0.6) is 5.75 Å². The average Bonchev–Trinajstić information content (AvgIpc) is 2.85. The summed E-state index contributed by atoms with van der Waals surface area (Å²) in [5.74, 6) is 7.15. The highest BCUT2D eigenvalue weighted by atomic mass is 35.5.